The van der Waals surface area contributed by atoms with Crippen molar-refractivity contribution in [2.45, 2.75) is 109 Å². The fourth-order valence-electron chi connectivity index (χ4n) is 16.4. The third-order valence-corrected chi connectivity index (χ3v) is 18.4. The summed E-state index contributed by atoms with van der Waals surface area (Å²) in [6, 6.07) is 15.9. The molecule has 1 saturated carbocycles. The second-order valence-corrected chi connectivity index (χ2v) is 21.2. The summed E-state index contributed by atoms with van der Waals surface area (Å²) in [7, 11) is 0. The highest BCUT2D eigenvalue weighted by atomic mass is 16.6. The van der Waals surface area contributed by atoms with Crippen molar-refractivity contribution < 1.29 is 24.2 Å². The third kappa shape index (κ3) is 4.49. The normalized spacial score (nSPS) is 42.1. The molecule has 9 heterocycles. The van der Waals surface area contributed by atoms with E-state index >= 15 is 4.79 Å². The van der Waals surface area contributed by atoms with Crippen molar-refractivity contribution in [2.75, 3.05) is 26.2 Å². The molecular formula is C53H59N3O5. The van der Waals surface area contributed by atoms with Crippen LogP contribution in [-0.4, -0.2) is 65.1 Å². The number of aliphatic hydroxyl groups is 1. The Morgan fingerprint density at radius 3 is 2.75 bits per heavy atom. The number of ether oxygens (including phenoxy) is 2. The van der Waals surface area contributed by atoms with E-state index in [2.05, 4.69) is 84.3 Å². The molecule has 0 amide bonds. The number of aryl methyl sites for hydroxylation is 2. The topological polar surface area (TPSA) is 105 Å². The highest BCUT2D eigenvalue weighted by molar-refractivity contribution is 6.00. The van der Waals surface area contributed by atoms with Gasteiger partial charge in [-0.1, -0.05) is 85.2 Å². The lowest BCUT2D eigenvalue weighted by molar-refractivity contribution is -0.276. The first-order chi connectivity index (χ1) is 29.7. The van der Waals surface area contributed by atoms with Crippen molar-refractivity contribution in [1.29, 1.82) is 0 Å². The van der Waals surface area contributed by atoms with E-state index in [0.717, 1.165) is 81.3 Å². The smallest absolute Gasteiger partial charge is 0.339 e. The predicted octanol–water partition coefficient (Wildman–Crippen LogP) is 8.38. The highest BCUT2D eigenvalue weighted by Gasteiger charge is 2.93. The van der Waals surface area contributed by atoms with Gasteiger partial charge in [0.2, 0.25) is 0 Å². The summed E-state index contributed by atoms with van der Waals surface area (Å²) in [6.45, 7) is 8.27. The number of nitrogens with zero attached hydrogens (tertiary/aromatic N) is 2. The summed E-state index contributed by atoms with van der Waals surface area (Å²) in [5, 5.41) is 12.9. The Bertz CT molecular complexity index is 2490. The number of aliphatic hydroxyl groups excluding tert-OH is 1. The number of hydrogen-bond acceptors (Lipinski definition) is 8. The fraction of sp³-hybridized carbons (Fsp3) is 0.547. The van der Waals surface area contributed by atoms with Crippen molar-refractivity contribution in [3.05, 3.63) is 128 Å². The number of allylic oxidation sites excluding steroid dienone is 5. The molecule has 2 aromatic rings. The highest BCUT2D eigenvalue weighted by Crippen LogP contribution is 2.87. The molecule has 3 N–H and O–H groups in total. The monoisotopic (exact) mass is 817 g/mol. The predicted molar refractivity (Wildman–Crippen MR) is 232 cm³/mol. The molecule has 14 aliphatic rings. The average molecular weight is 818 g/mol. The molecule has 3 spiro atoms. The molecule has 3 saturated heterocycles. The van der Waals surface area contributed by atoms with Gasteiger partial charge < -0.3 is 25.2 Å². The summed E-state index contributed by atoms with van der Waals surface area (Å²) >= 11 is 0. The van der Waals surface area contributed by atoms with Gasteiger partial charge in [-0.3, -0.25) is 9.69 Å². The van der Waals surface area contributed by atoms with Gasteiger partial charge in [0.05, 0.1) is 17.0 Å². The average Bonchev–Trinajstić information content (AvgIpc) is 3.71. The number of carbonyl (C=O) groups is 2. The standard InChI is InChI=1S/C53H59N3O5/c1-29-20-35-15-16-41-37-24-33-26-55(28-37)30(2)21-42(57)48-51-18-17-38-40-25-36(44(29)46(38)47(35)56(41)27-33)23-32-10-5-9-31(22-32)8-3-4-14-43(52(40,51)50(59)60-48)53(51)39-13-6-11-34(12-7-19-54)45(39)49(58)61-53/h5-6,9-11,13,15-16,22,25,29-30,33,37,41,43-44,46,57H,3-4,7-8,12,14,17-21,23-24,26-28,54H2,1-2H3/b48-42+/t29-,30-,33+,37-,41-,43-,44-,46+,51+,52-,53+/m0/s1. The molecule has 8 heteroatoms. The lowest BCUT2D eigenvalue weighted by Crippen LogP contribution is -2.77. The minimum atomic E-state index is -1.17. The van der Waals surface area contributed by atoms with Crippen LogP contribution in [0.5, 0.6) is 0 Å². The van der Waals surface area contributed by atoms with E-state index in [1.165, 1.54) is 40.0 Å². The molecule has 2 aromatic carbocycles. The number of carbonyl (C=O) groups excluding carboxylic acids is 2. The largest absolute Gasteiger partial charge is 0.509 e. The summed E-state index contributed by atoms with van der Waals surface area (Å²) < 4.78 is 14.0. The van der Waals surface area contributed by atoms with Gasteiger partial charge in [-0.05, 0) is 129 Å². The maximum Gasteiger partial charge on any atom is 0.339 e. The van der Waals surface area contributed by atoms with E-state index < -0.39 is 16.4 Å². The van der Waals surface area contributed by atoms with E-state index in [9.17, 15) is 9.90 Å². The van der Waals surface area contributed by atoms with Crippen molar-refractivity contribution >= 4 is 11.9 Å². The molecule has 61 heavy (non-hydrogen) atoms. The van der Waals surface area contributed by atoms with Crippen LogP contribution >= 0.6 is 0 Å². The fourth-order valence-corrected chi connectivity index (χ4v) is 16.4. The number of nitrogens with two attached hydrogens (primary N) is 1. The second-order valence-electron chi connectivity index (χ2n) is 21.2. The lowest BCUT2D eigenvalue weighted by atomic mass is 9.29. The molecule has 5 aliphatic carbocycles. The first-order valence-electron chi connectivity index (χ1n) is 23.8. The van der Waals surface area contributed by atoms with Crippen LogP contribution in [0.25, 0.3) is 0 Å². The number of benzene rings is 2. The molecule has 16 rings (SSSR count). The number of hydrogen-bond donors (Lipinski definition) is 2. The third-order valence-electron chi connectivity index (χ3n) is 18.4. The van der Waals surface area contributed by atoms with E-state index in [4.69, 9.17) is 15.2 Å². The summed E-state index contributed by atoms with van der Waals surface area (Å²) in [5.41, 5.74) is 14.8. The lowest BCUT2D eigenvalue weighted by Gasteiger charge is -2.71. The van der Waals surface area contributed by atoms with Crippen LogP contribution < -0.4 is 5.73 Å². The van der Waals surface area contributed by atoms with Crippen molar-refractivity contribution in [1.82, 2.24) is 9.80 Å². The van der Waals surface area contributed by atoms with Crippen LogP contribution in [0, 0.1) is 46.3 Å². The molecule has 0 aromatic heterocycles. The van der Waals surface area contributed by atoms with Gasteiger partial charge in [-0.2, -0.15) is 0 Å². The number of rotatable bonds is 3. The van der Waals surface area contributed by atoms with Crippen molar-refractivity contribution in [3.63, 3.8) is 0 Å². The van der Waals surface area contributed by atoms with Crippen molar-refractivity contribution in [2.24, 2.45) is 52.1 Å². The zero-order valence-corrected chi connectivity index (χ0v) is 35.8. The number of fused-ring (bicyclic) bond motifs is 6. The Hall–Kier alpha value is -4.40. The van der Waals surface area contributed by atoms with E-state index in [-0.39, 0.29) is 35.6 Å². The molecule has 8 nitrogen and oxygen atoms in total. The van der Waals surface area contributed by atoms with Crippen LogP contribution in [-0.2, 0) is 39.1 Å². The molecule has 0 radical (unpaired) electrons. The number of piperidine rings is 2. The van der Waals surface area contributed by atoms with Gasteiger partial charge in [0.25, 0.3) is 0 Å². The van der Waals surface area contributed by atoms with Crippen LogP contribution in [0.1, 0.15) is 104 Å². The van der Waals surface area contributed by atoms with Gasteiger partial charge in [0, 0.05) is 55.2 Å². The van der Waals surface area contributed by atoms with Crippen molar-refractivity contribution in [3.8, 4) is 0 Å². The Kier molecular flexibility index (Phi) is 7.83. The quantitative estimate of drug-likeness (QED) is 0.298. The summed E-state index contributed by atoms with van der Waals surface area (Å²) in [5.74, 6) is 1.51. The molecule has 316 valence electrons. The molecule has 1 unspecified atom stereocenters. The van der Waals surface area contributed by atoms with Gasteiger partial charge in [0.15, 0.2) is 11.4 Å². The van der Waals surface area contributed by atoms with Gasteiger partial charge in [0.1, 0.15) is 11.2 Å². The van der Waals surface area contributed by atoms with Crippen LogP contribution in [0.15, 0.2) is 100 Å². The molecule has 15 bridgehead atoms. The summed E-state index contributed by atoms with van der Waals surface area (Å²) in [6.07, 6.45) is 17.3. The number of esters is 2. The van der Waals surface area contributed by atoms with Crippen LogP contribution in [0.4, 0.5) is 0 Å². The van der Waals surface area contributed by atoms with E-state index in [0.29, 0.717) is 73.3 Å². The first-order valence-corrected chi connectivity index (χ1v) is 23.8. The Labute approximate surface area is 359 Å². The summed E-state index contributed by atoms with van der Waals surface area (Å²) in [4.78, 5) is 36.2. The minimum absolute atomic E-state index is 0.0376. The molecule has 12 atom stereocenters. The van der Waals surface area contributed by atoms with Gasteiger partial charge in [-0.25, -0.2) is 4.79 Å². The first kappa shape index (κ1) is 37.2. The SMILES string of the molecule is C[C@H]1CC2=C3[C@@H]4C5=C6C=C(Cc7cccc(c7)CCCC[C@H]7[C@]68C(=O)O/C(=C(/O)C[C@H](C)N6C[C@H]9C[C@@H](C6)[C@H](C=C2)N3C9)[C@@]8(CC5)[C@]72OC(=O)c3c(CCCN)cccc32)[C@@H]41. The Morgan fingerprint density at radius 1 is 1.00 bits per heavy atom. The van der Waals surface area contributed by atoms with Crippen LogP contribution in [0.2, 0.25) is 0 Å². The van der Waals surface area contributed by atoms with E-state index in [1.54, 1.807) is 0 Å². The van der Waals surface area contributed by atoms with E-state index in [1.807, 2.05) is 0 Å². The molecule has 9 aliphatic heterocycles. The molecular weight excluding hydrogens is 759 g/mol. The Morgan fingerprint density at radius 2 is 1.87 bits per heavy atom. The van der Waals surface area contributed by atoms with Gasteiger partial charge >= 0.3 is 11.9 Å². The van der Waals surface area contributed by atoms with Gasteiger partial charge in [-0.15, -0.1) is 0 Å². The molecule has 4 fully saturated rings. The zero-order chi connectivity index (χ0) is 41.2. The Balaban J connectivity index is 1.13. The zero-order valence-electron chi connectivity index (χ0n) is 35.8. The maximum absolute atomic E-state index is 15.9. The maximum atomic E-state index is 15.9. The van der Waals surface area contributed by atoms with Crippen LogP contribution in [0.3, 0.4) is 0 Å². The minimum Gasteiger partial charge on any atom is -0.509 e. The second kappa shape index (κ2) is 12.8.